The van der Waals surface area contributed by atoms with Crippen molar-refractivity contribution in [3.8, 4) is 5.88 Å². The summed E-state index contributed by atoms with van der Waals surface area (Å²) in [6.07, 6.45) is 1.67. The lowest BCUT2D eigenvalue weighted by Gasteiger charge is -2.29. The Morgan fingerprint density at radius 2 is 2.35 bits per heavy atom. The molecule has 6 heteroatoms. The number of hydrogen-bond donors (Lipinski definition) is 0. The molecular weight excluding hydrogens is 286 g/mol. The van der Waals surface area contributed by atoms with Gasteiger partial charge in [0.05, 0.1) is 0 Å². The number of carbonyl (C=O) groups excluding carboxylic acids is 1. The minimum Gasteiger partial charge on any atom is -0.466 e. The molecule has 0 aliphatic carbocycles. The van der Waals surface area contributed by atoms with Crippen LogP contribution in [0, 0.1) is 0 Å². The fourth-order valence-electron chi connectivity index (χ4n) is 1.61. The number of amides is 1. The summed E-state index contributed by atoms with van der Waals surface area (Å²) in [6, 6.07) is 1.86. The zero-order valence-electron chi connectivity index (χ0n) is 9.81. The lowest BCUT2D eigenvalue weighted by Crippen LogP contribution is -2.42. The Balaban J connectivity index is 2.26. The van der Waals surface area contributed by atoms with Crippen LogP contribution in [0.1, 0.15) is 0 Å². The summed E-state index contributed by atoms with van der Waals surface area (Å²) in [5, 5.41) is 0. The van der Waals surface area contributed by atoms with E-state index in [0.29, 0.717) is 12.4 Å². The number of aromatic nitrogens is 1. The maximum atomic E-state index is 11.8. The Hall–Kier alpha value is -1.14. The average molecular weight is 300 g/mol. The third-order valence-electron chi connectivity index (χ3n) is 2.49. The van der Waals surface area contributed by atoms with E-state index in [2.05, 4.69) is 20.9 Å². The highest BCUT2D eigenvalue weighted by molar-refractivity contribution is 9.10. The number of halogens is 1. The molecule has 17 heavy (non-hydrogen) atoms. The van der Waals surface area contributed by atoms with Gasteiger partial charge in [0.1, 0.15) is 5.69 Å². The number of pyridine rings is 1. The molecule has 1 aliphatic rings. The van der Waals surface area contributed by atoms with E-state index < -0.39 is 0 Å². The third-order valence-corrected chi connectivity index (χ3v) is 2.93. The minimum atomic E-state index is -0.0285. The van der Waals surface area contributed by atoms with E-state index in [4.69, 9.17) is 4.74 Å². The molecular formula is C11H14BrN3O2. The van der Waals surface area contributed by atoms with Gasteiger partial charge in [0.25, 0.3) is 5.91 Å². The van der Waals surface area contributed by atoms with Crippen LogP contribution in [0.3, 0.4) is 0 Å². The number of carbonyl (C=O) groups is 1. The van der Waals surface area contributed by atoms with Crippen molar-refractivity contribution >= 4 is 27.5 Å². The Kier molecular flexibility index (Phi) is 3.63. The number of hydrogen-bond acceptors (Lipinski definition) is 4. The van der Waals surface area contributed by atoms with Gasteiger partial charge in [-0.2, -0.15) is 0 Å². The number of rotatable bonds is 3. The zero-order chi connectivity index (χ0) is 12.4. The highest BCUT2D eigenvalue weighted by atomic mass is 79.9. The van der Waals surface area contributed by atoms with Crippen LogP contribution in [0.2, 0.25) is 0 Å². The molecule has 0 N–H and O–H groups in total. The summed E-state index contributed by atoms with van der Waals surface area (Å²) in [4.78, 5) is 19.7. The maximum Gasteiger partial charge on any atom is 0.265 e. The van der Waals surface area contributed by atoms with Gasteiger partial charge in [-0.15, -0.1) is 0 Å². The van der Waals surface area contributed by atoms with Gasteiger partial charge in [0, 0.05) is 23.8 Å². The molecule has 0 bridgehead atoms. The number of fused-ring (bicyclic) bond motifs is 1. The van der Waals surface area contributed by atoms with Crippen LogP contribution in [0.25, 0.3) is 0 Å². The maximum absolute atomic E-state index is 11.8. The second kappa shape index (κ2) is 5.01. The van der Waals surface area contributed by atoms with Gasteiger partial charge in [-0.25, -0.2) is 4.98 Å². The van der Waals surface area contributed by atoms with Gasteiger partial charge in [0.15, 0.2) is 6.61 Å². The van der Waals surface area contributed by atoms with Crippen molar-refractivity contribution in [1.29, 1.82) is 0 Å². The standard InChI is InChI=1S/C11H14BrN3O2/c1-14(2)3-4-15-9-5-8(12)6-13-11(9)17-7-10(15)16/h5-6H,3-4,7H2,1-2H3. The Labute approximate surface area is 108 Å². The molecule has 0 unspecified atom stereocenters. The second-order valence-electron chi connectivity index (χ2n) is 4.12. The van der Waals surface area contributed by atoms with Gasteiger partial charge < -0.3 is 14.5 Å². The minimum absolute atomic E-state index is 0.0285. The molecule has 1 aliphatic heterocycles. The molecule has 0 aromatic carbocycles. The summed E-state index contributed by atoms with van der Waals surface area (Å²) < 4.78 is 6.13. The monoisotopic (exact) mass is 299 g/mol. The molecule has 1 amide bonds. The highest BCUT2D eigenvalue weighted by Gasteiger charge is 2.26. The molecule has 5 nitrogen and oxygen atoms in total. The van der Waals surface area contributed by atoms with Crippen molar-refractivity contribution < 1.29 is 9.53 Å². The lowest BCUT2D eigenvalue weighted by molar-refractivity contribution is -0.121. The van der Waals surface area contributed by atoms with Crippen LogP contribution in [0.5, 0.6) is 5.88 Å². The van der Waals surface area contributed by atoms with Gasteiger partial charge in [-0.3, -0.25) is 4.79 Å². The quantitative estimate of drug-likeness (QED) is 0.839. The van der Waals surface area contributed by atoms with Crippen molar-refractivity contribution in [2.24, 2.45) is 0 Å². The summed E-state index contributed by atoms with van der Waals surface area (Å²) in [6.45, 7) is 1.51. The molecule has 0 fully saturated rings. The summed E-state index contributed by atoms with van der Waals surface area (Å²) in [5.41, 5.74) is 0.734. The summed E-state index contributed by atoms with van der Waals surface area (Å²) in [7, 11) is 3.95. The molecule has 92 valence electrons. The first-order valence-electron chi connectivity index (χ1n) is 5.31. The molecule has 1 aromatic rings. The fraction of sp³-hybridized carbons (Fsp3) is 0.455. The van der Waals surface area contributed by atoms with E-state index >= 15 is 0 Å². The SMILES string of the molecule is CN(C)CCN1C(=O)COc2ncc(Br)cc21. The largest absolute Gasteiger partial charge is 0.466 e. The van der Waals surface area contributed by atoms with Crippen molar-refractivity contribution in [1.82, 2.24) is 9.88 Å². The zero-order valence-corrected chi connectivity index (χ0v) is 11.4. The van der Waals surface area contributed by atoms with Crippen LogP contribution >= 0.6 is 15.9 Å². The van der Waals surface area contributed by atoms with Crippen molar-refractivity contribution in [3.05, 3.63) is 16.7 Å². The predicted molar refractivity (Wildman–Crippen MR) is 68.3 cm³/mol. The topological polar surface area (TPSA) is 45.7 Å². The molecule has 2 heterocycles. The molecule has 0 saturated carbocycles. The molecule has 2 rings (SSSR count). The van der Waals surface area contributed by atoms with E-state index in [-0.39, 0.29) is 12.5 Å². The van der Waals surface area contributed by atoms with E-state index in [1.54, 1.807) is 11.1 Å². The third kappa shape index (κ3) is 2.76. The van der Waals surface area contributed by atoms with Crippen molar-refractivity contribution in [2.45, 2.75) is 0 Å². The Bertz CT molecular complexity index is 437. The predicted octanol–water partition coefficient (Wildman–Crippen LogP) is 1.13. The first-order chi connectivity index (χ1) is 8.08. The Morgan fingerprint density at radius 1 is 1.59 bits per heavy atom. The van der Waals surface area contributed by atoms with Crippen LogP contribution in [-0.2, 0) is 4.79 Å². The number of anilines is 1. The smallest absolute Gasteiger partial charge is 0.265 e. The second-order valence-corrected chi connectivity index (χ2v) is 5.03. The van der Waals surface area contributed by atoms with E-state index in [1.165, 1.54) is 0 Å². The van der Waals surface area contributed by atoms with Crippen LogP contribution < -0.4 is 9.64 Å². The normalized spacial score (nSPS) is 14.8. The molecule has 1 aromatic heterocycles. The number of likely N-dealkylation sites (N-methyl/N-ethyl adjacent to an activating group) is 1. The molecule has 0 spiro atoms. The molecule has 0 radical (unpaired) electrons. The molecule has 0 atom stereocenters. The first-order valence-corrected chi connectivity index (χ1v) is 6.10. The number of nitrogens with zero attached hydrogens (tertiary/aromatic N) is 3. The van der Waals surface area contributed by atoms with Crippen molar-refractivity contribution in [3.63, 3.8) is 0 Å². The lowest BCUT2D eigenvalue weighted by atomic mass is 10.3. The van der Waals surface area contributed by atoms with Gasteiger partial charge in [0.2, 0.25) is 5.88 Å². The van der Waals surface area contributed by atoms with E-state index in [1.807, 2.05) is 25.1 Å². The fourth-order valence-corrected chi connectivity index (χ4v) is 1.93. The first kappa shape index (κ1) is 12.3. The van der Waals surface area contributed by atoms with E-state index in [9.17, 15) is 4.79 Å². The highest BCUT2D eigenvalue weighted by Crippen LogP contribution is 2.31. The van der Waals surface area contributed by atoms with Gasteiger partial charge in [-0.1, -0.05) is 0 Å². The number of ether oxygens (including phenoxy) is 1. The van der Waals surface area contributed by atoms with E-state index in [0.717, 1.165) is 16.7 Å². The average Bonchev–Trinajstić information content (AvgIpc) is 2.27. The van der Waals surface area contributed by atoms with Crippen LogP contribution in [0.15, 0.2) is 16.7 Å². The van der Waals surface area contributed by atoms with Crippen molar-refractivity contribution in [2.75, 3.05) is 38.7 Å². The summed E-state index contributed by atoms with van der Waals surface area (Å²) in [5.74, 6) is 0.491. The Morgan fingerprint density at radius 3 is 3.06 bits per heavy atom. The van der Waals surface area contributed by atoms with Crippen LogP contribution in [-0.4, -0.2) is 49.6 Å². The van der Waals surface area contributed by atoms with Gasteiger partial charge >= 0.3 is 0 Å². The molecule has 0 saturated heterocycles. The van der Waals surface area contributed by atoms with Crippen LogP contribution in [0.4, 0.5) is 5.69 Å². The van der Waals surface area contributed by atoms with Gasteiger partial charge in [-0.05, 0) is 36.1 Å². The summed E-state index contributed by atoms with van der Waals surface area (Å²) >= 11 is 3.35.